The van der Waals surface area contributed by atoms with Gasteiger partial charge in [0.2, 0.25) is 0 Å². The lowest BCUT2D eigenvalue weighted by Gasteiger charge is -2.28. The van der Waals surface area contributed by atoms with Gasteiger partial charge < -0.3 is 9.47 Å². The van der Waals surface area contributed by atoms with Crippen molar-refractivity contribution in [1.82, 2.24) is 0 Å². The van der Waals surface area contributed by atoms with Gasteiger partial charge in [0.25, 0.3) is 0 Å². The Labute approximate surface area is 107 Å². The van der Waals surface area contributed by atoms with E-state index in [1.165, 1.54) is 7.11 Å². The molecule has 3 heteroatoms. The molecule has 0 spiro atoms. The summed E-state index contributed by atoms with van der Waals surface area (Å²) in [6, 6.07) is 9.94. The summed E-state index contributed by atoms with van der Waals surface area (Å²) in [5.74, 6) is 0.762. The van der Waals surface area contributed by atoms with E-state index >= 15 is 0 Å². The standard InChI is InChI=1S/C15H16O3/c1-17-14-10-15(11-16,18-2)9-8-13(14)12-6-4-3-5-7-12/h3-9,11H,10H2,1-2H3. The lowest BCUT2D eigenvalue weighted by molar-refractivity contribution is -0.123. The van der Waals surface area contributed by atoms with Crippen molar-refractivity contribution in [2.75, 3.05) is 14.2 Å². The molecule has 3 nitrogen and oxygen atoms in total. The zero-order chi connectivity index (χ0) is 13.0. The third-order valence-corrected chi connectivity index (χ3v) is 3.18. The fourth-order valence-corrected chi connectivity index (χ4v) is 2.05. The molecule has 0 aliphatic heterocycles. The van der Waals surface area contributed by atoms with E-state index in [4.69, 9.17) is 9.47 Å². The van der Waals surface area contributed by atoms with Gasteiger partial charge in [-0.05, 0) is 11.6 Å². The monoisotopic (exact) mass is 244 g/mol. The first-order chi connectivity index (χ1) is 8.74. The van der Waals surface area contributed by atoms with Crippen LogP contribution >= 0.6 is 0 Å². The van der Waals surface area contributed by atoms with Gasteiger partial charge in [0, 0.05) is 19.1 Å². The van der Waals surface area contributed by atoms with Crippen LogP contribution in [0.4, 0.5) is 0 Å². The van der Waals surface area contributed by atoms with E-state index < -0.39 is 5.60 Å². The molecule has 0 N–H and O–H groups in total. The molecule has 0 radical (unpaired) electrons. The highest BCUT2D eigenvalue weighted by molar-refractivity contribution is 5.81. The van der Waals surface area contributed by atoms with Crippen molar-refractivity contribution < 1.29 is 14.3 Å². The summed E-state index contributed by atoms with van der Waals surface area (Å²) in [6.07, 6.45) is 4.90. The van der Waals surface area contributed by atoms with Crippen molar-refractivity contribution in [3.63, 3.8) is 0 Å². The number of hydrogen-bond acceptors (Lipinski definition) is 3. The second-order valence-corrected chi connectivity index (χ2v) is 4.19. The van der Waals surface area contributed by atoms with Gasteiger partial charge in [-0.25, -0.2) is 0 Å². The second kappa shape index (κ2) is 5.19. The molecule has 1 atom stereocenters. The van der Waals surface area contributed by atoms with Crippen LogP contribution in [0.3, 0.4) is 0 Å². The number of rotatable bonds is 4. The number of hydrogen-bond donors (Lipinski definition) is 0. The summed E-state index contributed by atoms with van der Waals surface area (Å²) in [7, 11) is 3.14. The Morgan fingerprint density at radius 2 is 1.94 bits per heavy atom. The van der Waals surface area contributed by atoms with E-state index in [1.807, 2.05) is 36.4 Å². The molecule has 2 rings (SSSR count). The predicted octanol–water partition coefficient (Wildman–Crippen LogP) is 2.59. The summed E-state index contributed by atoms with van der Waals surface area (Å²) in [4.78, 5) is 11.2. The fraction of sp³-hybridized carbons (Fsp3) is 0.267. The number of ether oxygens (including phenoxy) is 2. The van der Waals surface area contributed by atoms with Gasteiger partial charge >= 0.3 is 0 Å². The van der Waals surface area contributed by atoms with Gasteiger partial charge in [0.1, 0.15) is 11.4 Å². The first-order valence-electron chi connectivity index (χ1n) is 5.78. The Kier molecular flexibility index (Phi) is 3.63. The average molecular weight is 244 g/mol. The van der Waals surface area contributed by atoms with Crippen LogP contribution < -0.4 is 0 Å². The normalized spacial score (nSPS) is 23.0. The highest BCUT2D eigenvalue weighted by Crippen LogP contribution is 2.33. The van der Waals surface area contributed by atoms with Gasteiger partial charge in [-0.15, -0.1) is 0 Å². The van der Waals surface area contributed by atoms with Crippen molar-refractivity contribution in [2.24, 2.45) is 0 Å². The van der Waals surface area contributed by atoms with Crippen LogP contribution in [-0.4, -0.2) is 26.1 Å². The number of methoxy groups -OCH3 is 2. The number of benzene rings is 1. The minimum absolute atomic E-state index is 0.421. The minimum atomic E-state index is -0.899. The molecule has 0 aromatic heterocycles. The van der Waals surface area contributed by atoms with Crippen molar-refractivity contribution in [2.45, 2.75) is 12.0 Å². The number of carbonyl (C=O) groups is 1. The summed E-state index contributed by atoms with van der Waals surface area (Å²) in [5.41, 5.74) is 1.16. The van der Waals surface area contributed by atoms with Crippen LogP contribution in [-0.2, 0) is 14.3 Å². The average Bonchev–Trinajstić information content (AvgIpc) is 2.47. The molecule has 1 aromatic rings. The number of carbonyl (C=O) groups excluding carboxylic acids is 1. The third kappa shape index (κ3) is 2.22. The fourth-order valence-electron chi connectivity index (χ4n) is 2.05. The zero-order valence-electron chi connectivity index (χ0n) is 10.6. The summed E-state index contributed by atoms with van der Waals surface area (Å²) >= 11 is 0. The molecular weight excluding hydrogens is 228 g/mol. The van der Waals surface area contributed by atoms with Gasteiger partial charge in [-0.1, -0.05) is 36.4 Å². The highest BCUT2D eigenvalue weighted by Gasteiger charge is 2.32. The van der Waals surface area contributed by atoms with Crippen LogP contribution in [0.2, 0.25) is 0 Å². The maximum Gasteiger partial charge on any atom is 0.156 e. The SMILES string of the molecule is COC1=C(c2ccccc2)C=CC(C=O)(OC)C1. The minimum Gasteiger partial charge on any atom is -0.500 e. The number of aldehydes is 1. The Morgan fingerprint density at radius 1 is 1.22 bits per heavy atom. The predicted molar refractivity (Wildman–Crippen MR) is 69.9 cm³/mol. The number of allylic oxidation sites excluding steroid dienone is 2. The molecule has 0 bridgehead atoms. The van der Waals surface area contributed by atoms with Gasteiger partial charge in [-0.2, -0.15) is 0 Å². The summed E-state index contributed by atoms with van der Waals surface area (Å²) < 4.78 is 10.7. The van der Waals surface area contributed by atoms with Crippen LogP contribution in [0.5, 0.6) is 0 Å². The second-order valence-electron chi connectivity index (χ2n) is 4.19. The van der Waals surface area contributed by atoms with Crippen LogP contribution in [0.25, 0.3) is 5.57 Å². The Hall–Kier alpha value is -1.87. The molecule has 1 aliphatic carbocycles. The maximum atomic E-state index is 11.2. The molecule has 1 unspecified atom stereocenters. The Bertz CT molecular complexity index is 488. The van der Waals surface area contributed by atoms with E-state index in [-0.39, 0.29) is 0 Å². The molecule has 0 fully saturated rings. The quantitative estimate of drug-likeness (QED) is 0.764. The zero-order valence-corrected chi connectivity index (χ0v) is 10.6. The molecule has 0 saturated carbocycles. The molecule has 1 aromatic carbocycles. The Balaban J connectivity index is 2.40. The van der Waals surface area contributed by atoms with E-state index in [1.54, 1.807) is 13.2 Å². The smallest absolute Gasteiger partial charge is 0.156 e. The largest absolute Gasteiger partial charge is 0.500 e. The highest BCUT2D eigenvalue weighted by atomic mass is 16.5. The lowest BCUT2D eigenvalue weighted by atomic mass is 9.89. The molecule has 1 aliphatic rings. The van der Waals surface area contributed by atoms with Crippen LogP contribution in [0.1, 0.15) is 12.0 Å². The van der Waals surface area contributed by atoms with Crippen LogP contribution in [0, 0.1) is 0 Å². The van der Waals surface area contributed by atoms with E-state index in [0.717, 1.165) is 23.2 Å². The van der Waals surface area contributed by atoms with E-state index in [0.29, 0.717) is 6.42 Å². The molecule has 18 heavy (non-hydrogen) atoms. The third-order valence-electron chi connectivity index (χ3n) is 3.18. The van der Waals surface area contributed by atoms with Gasteiger partial charge in [0.05, 0.1) is 7.11 Å². The van der Waals surface area contributed by atoms with E-state index in [2.05, 4.69) is 0 Å². The van der Waals surface area contributed by atoms with Crippen LogP contribution in [0.15, 0.2) is 48.2 Å². The van der Waals surface area contributed by atoms with Crippen molar-refractivity contribution in [3.05, 3.63) is 53.8 Å². The first kappa shape index (κ1) is 12.6. The van der Waals surface area contributed by atoms with Gasteiger partial charge in [-0.3, -0.25) is 4.79 Å². The van der Waals surface area contributed by atoms with Gasteiger partial charge in [0.15, 0.2) is 6.29 Å². The summed E-state index contributed by atoms with van der Waals surface area (Å²) in [6.45, 7) is 0. The van der Waals surface area contributed by atoms with Crippen molar-refractivity contribution >= 4 is 11.9 Å². The molecular formula is C15H16O3. The van der Waals surface area contributed by atoms with E-state index in [9.17, 15) is 4.79 Å². The Morgan fingerprint density at radius 3 is 2.50 bits per heavy atom. The molecule has 0 amide bonds. The first-order valence-corrected chi connectivity index (χ1v) is 5.78. The topological polar surface area (TPSA) is 35.5 Å². The maximum absolute atomic E-state index is 11.2. The summed E-state index contributed by atoms with van der Waals surface area (Å²) in [5, 5.41) is 0. The van der Waals surface area contributed by atoms with Crippen molar-refractivity contribution in [3.8, 4) is 0 Å². The molecule has 0 saturated heterocycles. The lowest BCUT2D eigenvalue weighted by Crippen LogP contribution is -2.33. The van der Waals surface area contributed by atoms with Crippen molar-refractivity contribution in [1.29, 1.82) is 0 Å². The molecule has 94 valence electrons. The molecule has 0 heterocycles.